The molecular weight excluding hydrogens is 226 g/mol. The van der Waals surface area contributed by atoms with Gasteiger partial charge in [-0.25, -0.2) is 0 Å². The van der Waals surface area contributed by atoms with Crippen LogP contribution in [0.5, 0.6) is 0 Å². The summed E-state index contributed by atoms with van der Waals surface area (Å²) in [6.07, 6.45) is 1.64. The topological polar surface area (TPSA) is 68.0 Å². The summed E-state index contributed by atoms with van der Waals surface area (Å²) < 4.78 is 0. The first-order valence-electron chi connectivity index (χ1n) is 5.68. The maximum Gasteiger partial charge on any atom is 0.252 e. The molecule has 0 saturated carbocycles. The number of nitrogens with zero attached hydrogens (tertiary/aromatic N) is 1. The normalized spacial score (nSPS) is 10.3. The molecule has 0 spiro atoms. The van der Waals surface area contributed by atoms with E-state index in [2.05, 4.69) is 16.9 Å². The smallest absolute Gasteiger partial charge is 0.252 e. The molecular formula is C14H15N3O. The second-order valence-corrected chi connectivity index (χ2v) is 4.09. The molecule has 2 rings (SSSR count). The van der Waals surface area contributed by atoms with Gasteiger partial charge >= 0.3 is 0 Å². The van der Waals surface area contributed by atoms with Crippen LogP contribution in [0.25, 0.3) is 10.9 Å². The maximum absolute atomic E-state index is 12.1. The molecule has 1 aromatic carbocycles. The number of aromatic nitrogens is 1. The van der Waals surface area contributed by atoms with Gasteiger partial charge in [-0.1, -0.05) is 6.08 Å². The highest BCUT2D eigenvalue weighted by atomic mass is 16.1. The highest BCUT2D eigenvalue weighted by molar-refractivity contribution is 6.06. The first-order chi connectivity index (χ1) is 8.61. The van der Waals surface area contributed by atoms with Crippen molar-refractivity contribution in [2.24, 2.45) is 0 Å². The van der Waals surface area contributed by atoms with Gasteiger partial charge in [-0.3, -0.25) is 9.78 Å². The number of nitrogens with two attached hydrogens (primary N) is 1. The number of hydrogen-bond acceptors (Lipinski definition) is 3. The third kappa shape index (κ3) is 2.32. The Hall–Kier alpha value is -2.36. The summed E-state index contributed by atoms with van der Waals surface area (Å²) >= 11 is 0. The fourth-order valence-corrected chi connectivity index (χ4v) is 1.82. The molecule has 0 bridgehead atoms. The molecule has 1 heterocycles. The molecule has 0 aliphatic rings. The summed E-state index contributed by atoms with van der Waals surface area (Å²) in [5, 5.41) is 3.53. The minimum atomic E-state index is -0.143. The number of carbonyl (C=O) groups excluding carboxylic acids is 1. The molecule has 1 amide bonds. The number of amides is 1. The number of benzene rings is 1. The summed E-state index contributed by atoms with van der Waals surface area (Å²) in [6.45, 7) is 5.87. The third-order valence-electron chi connectivity index (χ3n) is 2.61. The highest BCUT2D eigenvalue weighted by Crippen LogP contribution is 2.21. The van der Waals surface area contributed by atoms with Gasteiger partial charge in [-0.2, -0.15) is 0 Å². The van der Waals surface area contributed by atoms with E-state index in [9.17, 15) is 4.79 Å². The Morgan fingerprint density at radius 2 is 2.28 bits per heavy atom. The van der Waals surface area contributed by atoms with Crippen LogP contribution in [-0.2, 0) is 0 Å². The minimum Gasteiger partial charge on any atom is -0.399 e. The Bertz CT molecular complexity index is 620. The van der Waals surface area contributed by atoms with Gasteiger partial charge in [0.05, 0.1) is 11.1 Å². The molecule has 92 valence electrons. The quantitative estimate of drug-likeness (QED) is 0.638. The van der Waals surface area contributed by atoms with E-state index in [0.29, 0.717) is 17.8 Å². The molecule has 0 atom stereocenters. The Kier molecular flexibility index (Phi) is 3.28. The van der Waals surface area contributed by atoms with Crippen LogP contribution < -0.4 is 11.1 Å². The van der Waals surface area contributed by atoms with Crippen LogP contribution in [-0.4, -0.2) is 17.4 Å². The van der Waals surface area contributed by atoms with Crippen molar-refractivity contribution in [2.75, 3.05) is 12.3 Å². The van der Waals surface area contributed by atoms with Gasteiger partial charge in [0.15, 0.2) is 0 Å². The molecule has 0 fully saturated rings. The molecule has 3 N–H and O–H groups in total. The van der Waals surface area contributed by atoms with Crippen LogP contribution in [0, 0.1) is 6.92 Å². The van der Waals surface area contributed by atoms with Crippen molar-refractivity contribution in [1.29, 1.82) is 0 Å². The second kappa shape index (κ2) is 4.87. The number of anilines is 1. The fourth-order valence-electron chi connectivity index (χ4n) is 1.82. The van der Waals surface area contributed by atoms with Crippen molar-refractivity contribution in [2.45, 2.75) is 6.92 Å². The average molecular weight is 241 g/mol. The van der Waals surface area contributed by atoms with E-state index in [-0.39, 0.29) is 5.91 Å². The van der Waals surface area contributed by atoms with Crippen molar-refractivity contribution in [3.8, 4) is 0 Å². The van der Waals surface area contributed by atoms with Crippen molar-refractivity contribution in [3.05, 3.63) is 48.2 Å². The Labute approximate surface area is 106 Å². The summed E-state index contributed by atoms with van der Waals surface area (Å²) in [6, 6.07) is 7.13. The van der Waals surface area contributed by atoms with Crippen LogP contribution >= 0.6 is 0 Å². The van der Waals surface area contributed by atoms with Crippen molar-refractivity contribution >= 4 is 22.5 Å². The van der Waals surface area contributed by atoms with E-state index >= 15 is 0 Å². The van der Waals surface area contributed by atoms with E-state index in [1.165, 1.54) is 0 Å². The number of hydrogen-bond donors (Lipinski definition) is 2. The molecule has 18 heavy (non-hydrogen) atoms. The Balaban J connectivity index is 2.57. The molecule has 0 unspecified atom stereocenters. The lowest BCUT2D eigenvalue weighted by Gasteiger charge is -2.08. The van der Waals surface area contributed by atoms with Crippen LogP contribution in [0.3, 0.4) is 0 Å². The van der Waals surface area contributed by atoms with E-state index in [0.717, 1.165) is 16.6 Å². The largest absolute Gasteiger partial charge is 0.399 e. The standard InChI is InChI=1S/C14H15N3O/c1-3-6-16-14(18)12-7-9(2)17-13-5-4-10(15)8-11(12)13/h3-5,7-8H,1,6,15H2,2H3,(H,16,18). The van der Waals surface area contributed by atoms with Gasteiger partial charge in [0.25, 0.3) is 5.91 Å². The lowest BCUT2D eigenvalue weighted by Crippen LogP contribution is -2.23. The zero-order valence-corrected chi connectivity index (χ0v) is 10.2. The van der Waals surface area contributed by atoms with E-state index in [1.807, 2.05) is 13.0 Å². The molecule has 0 saturated heterocycles. The number of rotatable bonds is 3. The molecule has 2 aromatic rings. The number of pyridine rings is 1. The number of fused-ring (bicyclic) bond motifs is 1. The van der Waals surface area contributed by atoms with Crippen LogP contribution in [0.4, 0.5) is 5.69 Å². The molecule has 1 aromatic heterocycles. The highest BCUT2D eigenvalue weighted by Gasteiger charge is 2.11. The lowest BCUT2D eigenvalue weighted by molar-refractivity contribution is 0.0959. The van der Waals surface area contributed by atoms with E-state index in [4.69, 9.17) is 5.73 Å². The summed E-state index contributed by atoms with van der Waals surface area (Å²) in [7, 11) is 0. The SMILES string of the molecule is C=CCNC(=O)c1cc(C)nc2ccc(N)cc12. The number of carbonyl (C=O) groups is 1. The zero-order chi connectivity index (χ0) is 13.1. The van der Waals surface area contributed by atoms with Crippen LogP contribution in [0.15, 0.2) is 36.9 Å². The second-order valence-electron chi connectivity index (χ2n) is 4.09. The van der Waals surface area contributed by atoms with Crippen LogP contribution in [0.2, 0.25) is 0 Å². The summed E-state index contributed by atoms with van der Waals surface area (Å²) in [4.78, 5) is 16.4. The molecule has 4 nitrogen and oxygen atoms in total. The van der Waals surface area contributed by atoms with Gasteiger partial charge in [0.2, 0.25) is 0 Å². The predicted molar refractivity (Wildman–Crippen MR) is 73.4 cm³/mol. The third-order valence-corrected chi connectivity index (χ3v) is 2.61. The monoisotopic (exact) mass is 241 g/mol. The lowest BCUT2D eigenvalue weighted by atomic mass is 10.1. The summed E-state index contributed by atoms with van der Waals surface area (Å²) in [5.74, 6) is -0.143. The first kappa shape index (κ1) is 12.1. The Morgan fingerprint density at radius 3 is 3.00 bits per heavy atom. The van der Waals surface area contributed by atoms with Crippen molar-refractivity contribution < 1.29 is 4.79 Å². The van der Waals surface area contributed by atoms with E-state index < -0.39 is 0 Å². The van der Waals surface area contributed by atoms with Gasteiger partial charge < -0.3 is 11.1 Å². The maximum atomic E-state index is 12.1. The number of aryl methyl sites for hydroxylation is 1. The van der Waals surface area contributed by atoms with Gasteiger partial charge in [-0.15, -0.1) is 6.58 Å². The number of nitrogens with one attached hydrogen (secondary N) is 1. The van der Waals surface area contributed by atoms with Crippen molar-refractivity contribution in [3.63, 3.8) is 0 Å². The fraction of sp³-hybridized carbons (Fsp3) is 0.143. The van der Waals surface area contributed by atoms with Gasteiger partial charge in [0.1, 0.15) is 0 Å². The number of nitrogen functional groups attached to an aromatic ring is 1. The zero-order valence-electron chi connectivity index (χ0n) is 10.2. The van der Waals surface area contributed by atoms with Gasteiger partial charge in [0, 0.05) is 23.3 Å². The molecule has 0 radical (unpaired) electrons. The van der Waals surface area contributed by atoms with Crippen LogP contribution in [0.1, 0.15) is 16.1 Å². The molecule has 0 aliphatic carbocycles. The summed E-state index contributed by atoms with van der Waals surface area (Å²) in [5.41, 5.74) is 8.53. The minimum absolute atomic E-state index is 0.143. The predicted octanol–water partition coefficient (Wildman–Crippen LogP) is 2.04. The van der Waals surface area contributed by atoms with E-state index in [1.54, 1.807) is 24.3 Å². The average Bonchev–Trinajstić information content (AvgIpc) is 2.35. The first-order valence-corrected chi connectivity index (χ1v) is 5.68. The van der Waals surface area contributed by atoms with Crippen molar-refractivity contribution in [1.82, 2.24) is 10.3 Å². The Morgan fingerprint density at radius 1 is 1.50 bits per heavy atom. The molecule has 4 heteroatoms. The molecule has 0 aliphatic heterocycles. The van der Waals surface area contributed by atoms with Gasteiger partial charge in [-0.05, 0) is 31.2 Å².